The van der Waals surface area contributed by atoms with Gasteiger partial charge in [0.1, 0.15) is 0 Å². The van der Waals surface area contributed by atoms with E-state index < -0.39 is 0 Å². The molecule has 0 saturated carbocycles. The van der Waals surface area contributed by atoms with E-state index in [2.05, 4.69) is 17.1 Å². The molecule has 2 aliphatic heterocycles. The summed E-state index contributed by atoms with van der Waals surface area (Å²) in [5.41, 5.74) is 1.54. The first kappa shape index (κ1) is 16.6. The second kappa shape index (κ2) is 7.07. The predicted molar refractivity (Wildman–Crippen MR) is 91.9 cm³/mol. The van der Waals surface area contributed by atoms with E-state index in [9.17, 15) is 4.79 Å². The van der Waals surface area contributed by atoms with Crippen LogP contribution in [-0.2, 0) is 11.3 Å². The smallest absolute Gasteiger partial charge is 0.322 e. The van der Waals surface area contributed by atoms with Crippen LogP contribution in [0.4, 0.5) is 10.5 Å². The zero-order valence-corrected chi connectivity index (χ0v) is 14.5. The summed E-state index contributed by atoms with van der Waals surface area (Å²) in [4.78, 5) is 17.2. The maximum atomic E-state index is 12.7. The van der Waals surface area contributed by atoms with Crippen LogP contribution in [0.1, 0.15) is 25.3 Å². The first-order valence-electron chi connectivity index (χ1n) is 8.18. The van der Waals surface area contributed by atoms with Gasteiger partial charge in [-0.1, -0.05) is 17.7 Å². The highest BCUT2D eigenvalue weighted by Crippen LogP contribution is 2.28. The van der Waals surface area contributed by atoms with E-state index in [4.69, 9.17) is 16.3 Å². The van der Waals surface area contributed by atoms with E-state index in [1.807, 2.05) is 23.1 Å². The number of methoxy groups -OCH3 is 1. The van der Waals surface area contributed by atoms with Crippen molar-refractivity contribution >= 4 is 23.3 Å². The Morgan fingerprint density at radius 3 is 3.04 bits per heavy atom. The molecule has 0 aliphatic carbocycles. The largest absolute Gasteiger partial charge is 0.380 e. The van der Waals surface area contributed by atoms with Crippen LogP contribution in [0, 0.1) is 0 Å². The average Bonchev–Trinajstić information content (AvgIpc) is 2.97. The Labute approximate surface area is 142 Å². The molecule has 2 amide bonds. The molecule has 126 valence electrons. The first-order chi connectivity index (χ1) is 11.1. The van der Waals surface area contributed by atoms with E-state index in [0.717, 1.165) is 30.9 Å². The lowest BCUT2D eigenvalue weighted by Gasteiger charge is -2.42. The van der Waals surface area contributed by atoms with Gasteiger partial charge in [0.05, 0.1) is 6.61 Å². The number of rotatable bonds is 3. The van der Waals surface area contributed by atoms with E-state index in [1.165, 1.54) is 12.8 Å². The van der Waals surface area contributed by atoms with Crippen molar-refractivity contribution in [2.75, 3.05) is 32.1 Å². The molecular weight excluding hydrogens is 314 g/mol. The lowest BCUT2D eigenvalue weighted by atomic mass is 10.1. The Balaban J connectivity index is 1.73. The summed E-state index contributed by atoms with van der Waals surface area (Å²) in [5, 5.41) is 3.63. The third kappa shape index (κ3) is 3.47. The fourth-order valence-corrected chi connectivity index (χ4v) is 3.85. The first-order valence-corrected chi connectivity index (χ1v) is 8.56. The minimum atomic E-state index is -0.0522. The van der Waals surface area contributed by atoms with Gasteiger partial charge in [-0.2, -0.15) is 0 Å². The highest BCUT2D eigenvalue weighted by molar-refractivity contribution is 6.31. The van der Waals surface area contributed by atoms with E-state index >= 15 is 0 Å². The van der Waals surface area contributed by atoms with Gasteiger partial charge >= 0.3 is 6.03 Å². The van der Waals surface area contributed by atoms with Crippen LogP contribution in [0.15, 0.2) is 18.2 Å². The maximum absolute atomic E-state index is 12.7. The van der Waals surface area contributed by atoms with Crippen LogP contribution >= 0.6 is 11.6 Å². The molecule has 2 saturated heterocycles. The summed E-state index contributed by atoms with van der Waals surface area (Å²) in [6.45, 7) is 5.41. The number of piperazine rings is 1. The fraction of sp³-hybridized carbons (Fsp3) is 0.588. The van der Waals surface area contributed by atoms with Gasteiger partial charge in [-0.15, -0.1) is 0 Å². The van der Waals surface area contributed by atoms with Gasteiger partial charge in [-0.3, -0.25) is 4.90 Å². The monoisotopic (exact) mass is 337 g/mol. The number of urea groups is 1. The maximum Gasteiger partial charge on any atom is 0.322 e. The number of anilines is 1. The van der Waals surface area contributed by atoms with E-state index in [0.29, 0.717) is 17.7 Å². The van der Waals surface area contributed by atoms with Crippen molar-refractivity contribution in [1.29, 1.82) is 0 Å². The molecular formula is C17H24ClN3O2. The molecule has 3 rings (SSSR count). The number of nitrogens with zero attached hydrogens (tertiary/aromatic N) is 2. The van der Waals surface area contributed by atoms with Gasteiger partial charge in [0.15, 0.2) is 0 Å². The van der Waals surface area contributed by atoms with Crippen molar-refractivity contribution in [2.24, 2.45) is 0 Å². The number of ether oxygens (including phenoxy) is 1. The molecule has 0 unspecified atom stereocenters. The van der Waals surface area contributed by atoms with Crippen molar-refractivity contribution in [3.63, 3.8) is 0 Å². The molecule has 1 N–H and O–H groups in total. The van der Waals surface area contributed by atoms with Crippen LogP contribution in [0.5, 0.6) is 0 Å². The molecule has 2 heterocycles. The van der Waals surface area contributed by atoms with Gasteiger partial charge in [0.25, 0.3) is 0 Å². The standard InChI is InChI=1S/C17H24ClN3O2/c1-12-9-20-8-4-5-13(20)10-21(12)17(22)19-16-7-3-6-15(18)14(16)11-23-2/h3,6-7,12-13H,4-5,8-11H2,1-2H3,(H,19,22)/t12-,13+/m0/s1. The molecule has 2 aliphatic rings. The van der Waals surface area contributed by atoms with Crippen LogP contribution in [0.2, 0.25) is 5.02 Å². The number of hydrogen-bond acceptors (Lipinski definition) is 3. The van der Waals surface area contributed by atoms with Crippen LogP contribution in [-0.4, -0.2) is 54.7 Å². The number of hydrogen-bond donors (Lipinski definition) is 1. The Bertz CT molecular complexity index is 581. The normalized spacial score (nSPS) is 24.6. The summed E-state index contributed by atoms with van der Waals surface area (Å²) >= 11 is 6.23. The molecule has 1 aromatic carbocycles. The highest BCUT2D eigenvalue weighted by Gasteiger charge is 2.36. The molecule has 0 aromatic heterocycles. The number of amides is 2. The average molecular weight is 338 g/mol. The summed E-state index contributed by atoms with van der Waals surface area (Å²) in [5.74, 6) is 0. The minimum absolute atomic E-state index is 0.0522. The number of nitrogens with one attached hydrogen (secondary N) is 1. The number of fused-ring (bicyclic) bond motifs is 1. The summed E-state index contributed by atoms with van der Waals surface area (Å²) in [7, 11) is 1.62. The van der Waals surface area contributed by atoms with Crippen LogP contribution < -0.4 is 5.32 Å². The van der Waals surface area contributed by atoms with Crippen molar-refractivity contribution < 1.29 is 9.53 Å². The van der Waals surface area contributed by atoms with Crippen molar-refractivity contribution in [3.05, 3.63) is 28.8 Å². The lowest BCUT2D eigenvalue weighted by molar-refractivity contribution is 0.0861. The third-order valence-electron chi connectivity index (χ3n) is 4.85. The summed E-state index contributed by atoms with van der Waals surface area (Å²) < 4.78 is 5.20. The second-order valence-electron chi connectivity index (χ2n) is 6.42. The molecule has 5 nitrogen and oxygen atoms in total. The van der Waals surface area contributed by atoms with Crippen molar-refractivity contribution in [3.8, 4) is 0 Å². The Morgan fingerprint density at radius 2 is 2.26 bits per heavy atom. The number of halogens is 1. The molecule has 0 spiro atoms. The molecule has 2 fully saturated rings. The molecule has 2 atom stereocenters. The van der Waals surface area contributed by atoms with Gasteiger partial charge in [-0.05, 0) is 38.4 Å². The van der Waals surface area contributed by atoms with E-state index in [-0.39, 0.29) is 12.1 Å². The topological polar surface area (TPSA) is 44.8 Å². The van der Waals surface area contributed by atoms with Gasteiger partial charge in [0, 0.05) is 48.6 Å². The third-order valence-corrected chi connectivity index (χ3v) is 5.20. The van der Waals surface area contributed by atoms with Crippen LogP contribution in [0.3, 0.4) is 0 Å². The lowest BCUT2D eigenvalue weighted by Crippen LogP contribution is -2.57. The van der Waals surface area contributed by atoms with Gasteiger partial charge < -0.3 is 15.0 Å². The van der Waals surface area contributed by atoms with Crippen molar-refractivity contribution in [2.45, 2.75) is 38.5 Å². The quantitative estimate of drug-likeness (QED) is 0.921. The zero-order valence-electron chi connectivity index (χ0n) is 13.7. The zero-order chi connectivity index (χ0) is 16.4. The number of carbonyl (C=O) groups is 1. The Hall–Kier alpha value is -1.30. The summed E-state index contributed by atoms with van der Waals surface area (Å²) in [6, 6.07) is 6.20. The molecule has 23 heavy (non-hydrogen) atoms. The second-order valence-corrected chi connectivity index (χ2v) is 6.83. The number of benzene rings is 1. The predicted octanol–water partition coefficient (Wildman–Crippen LogP) is 3.19. The molecule has 0 radical (unpaired) electrons. The molecule has 6 heteroatoms. The fourth-order valence-electron chi connectivity index (χ4n) is 3.62. The van der Waals surface area contributed by atoms with Gasteiger partial charge in [0.2, 0.25) is 0 Å². The minimum Gasteiger partial charge on any atom is -0.380 e. The van der Waals surface area contributed by atoms with Gasteiger partial charge in [-0.25, -0.2) is 4.79 Å². The Kier molecular flexibility index (Phi) is 5.09. The van der Waals surface area contributed by atoms with Crippen molar-refractivity contribution in [1.82, 2.24) is 9.80 Å². The van der Waals surface area contributed by atoms with E-state index in [1.54, 1.807) is 7.11 Å². The molecule has 0 bridgehead atoms. The SMILES string of the molecule is COCc1c(Cl)cccc1NC(=O)N1C[C@H]2CCCN2C[C@@H]1C. The highest BCUT2D eigenvalue weighted by atomic mass is 35.5. The Morgan fingerprint density at radius 1 is 1.43 bits per heavy atom. The summed E-state index contributed by atoms with van der Waals surface area (Å²) in [6.07, 6.45) is 2.42. The molecule has 1 aromatic rings. The number of carbonyl (C=O) groups excluding carboxylic acids is 1. The van der Waals surface area contributed by atoms with Crippen LogP contribution in [0.25, 0.3) is 0 Å².